The van der Waals surface area contributed by atoms with Gasteiger partial charge in [0.15, 0.2) is 6.61 Å². The Morgan fingerprint density at radius 3 is 2.47 bits per heavy atom. The van der Waals surface area contributed by atoms with Crippen LogP contribution < -0.4 is 19.7 Å². The van der Waals surface area contributed by atoms with Gasteiger partial charge in [-0.05, 0) is 64.0 Å². The summed E-state index contributed by atoms with van der Waals surface area (Å²) in [6.07, 6.45) is 1.33. The van der Waals surface area contributed by atoms with E-state index in [2.05, 4.69) is 21.2 Å². The number of carbonyl (C=O) groups is 4. The van der Waals surface area contributed by atoms with Crippen molar-refractivity contribution in [3.05, 3.63) is 58.1 Å². The average molecular weight is 475 g/mol. The highest BCUT2D eigenvalue weighted by Crippen LogP contribution is 2.28. The Kier molecular flexibility index (Phi) is 6.17. The number of barbiturate groups is 1. The van der Waals surface area contributed by atoms with E-state index < -0.39 is 30.4 Å². The number of carbonyl (C=O) groups excluding carboxylic acids is 3. The molecule has 9 nitrogen and oxygen atoms in total. The summed E-state index contributed by atoms with van der Waals surface area (Å²) in [7, 11) is 1.49. The van der Waals surface area contributed by atoms with Gasteiger partial charge in [-0.3, -0.25) is 14.9 Å². The minimum Gasteiger partial charge on any atom is -0.497 e. The summed E-state index contributed by atoms with van der Waals surface area (Å²) in [6.45, 7) is -0.515. The molecular weight excluding hydrogens is 460 g/mol. The van der Waals surface area contributed by atoms with Crippen molar-refractivity contribution < 1.29 is 33.8 Å². The van der Waals surface area contributed by atoms with Crippen LogP contribution in [0.15, 0.2) is 52.5 Å². The molecule has 0 spiro atoms. The number of rotatable bonds is 6. The molecule has 1 fully saturated rings. The molecule has 2 aromatic carbocycles. The normalized spacial score (nSPS) is 15.2. The van der Waals surface area contributed by atoms with Crippen LogP contribution in [0.1, 0.15) is 5.56 Å². The summed E-state index contributed by atoms with van der Waals surface area (Å²) in [5.41, 5.74) is 0.499. The van der Waals surface area contributed by atoms with Gasteiger partial charge < -0.3 is 14.6 Å². The van der Waals surface area contributed by atoms with Crippen molar-refractivity contribution in [2.45, 2.75) is 0 Å². The molecule has 0 aromatic heterocycles. The molecule has 30 heavy (non-hydrogen) atoms. The molecule has 1 saturated heterocycles. The fraction of sp³-hybridized carbons (Fsp3) is 0.100. The predicted molar refractivity (Wildman–Crippen MR) is 109 cm³/mol. The number of methoxy groups -OCH3 is 1. The van der Waals surface area contributed by atoms with Crippen LogP contribution in [0.4, 0.5) is 10.5 Å². The van der Waals surface area contributed by atoms with Crippen molar-refractivity contribution in [2.24, 2.45) is 0 Å². The molecule has 0 unspecified atom stereocenters. The fourth-order valence-corrected chi connectivity index (χ4v) is 3.16. The first kappa shape index (κ1) is 21.1. The lowest BCUT2D eigenvalue weighted by molar-refractivity contribution is -0.139. The molecule has 4 amide bonds. The largest absolute Gasteiger partial charge is 0.497 e. The maximum atomic E-state index is 12.9. The standard InChI is InChI=1S/C20H15BrN2O7/c1-29-13-5-3-12(4-6-13)23-19(27)14(18(26)22-20(23)28)8-11-2-7-16(15(21)9-11)30-10-17(24)25/h2-9H,10H2,1H3,(H,24,25)(H,22,26,28). The van der Waals surface area contributed by atoms with Gasteiger partial charge in [0, 0.05) is 0 Å². The minimum absolute atomic E-state index is 0.239. The second-order valence-electron chi connectivity index (χ2n) is 6.03. The molecule has 0 aliphatic carbocycles. The Morgan fingerprint density at radius 2 is 1.87 bits per heavy atom. The molecule has 0 radical (unpaired) electrons. The van der Waals surface area contributed by atoms with Gasteiger partial charge in [-0.2, -0.15) is 0 Å². The molecule has 2 aromatic rings. The maximum Gasteiger partial charge on any atom is 0.341 e. The molecule has 154 valence electrons. The van der Waals surface area contributed by atoms with Gasteiger partial charge in [0.1, 0.15) is 17.1 Å². The van der Waals surface area contributed by atoms with E-state index in [4.69, 9.17) is 14.6 Å². The van der Waals surface area contributed by atoms with Crippen LogP contribution in [-0.2, 0) is 14.4 Å². The van der Waals surface area contributed by atoms with Crippen molar-refractivity contribution >= 4 is 51.5 Å². The number of benzene rings is 2. The van der Waals surface area contributed by atoms with Crippen molar-refractivity contribution in [3.63, 3.8) is 0 Å². The minimum atomic E-state index is -1.12. The number of carboxylic acid groups (broad SMARTS) is 1. The van der Waals surface area contributed by atoms with Crippen LogP contribution in [0, 0.1) is 0 Å². The summed E-state index contributed by atoms with van der Waals surface area (Å²) in [6, 6.07) is 9.96. The summed E-state index contributed by atoms with van der Waals surface area (Å²) >= 11 is 3.25. The number of urea groups is 1. The van der Waals surface area contributed by atoms with Crippen LogP contribution in [-0.4, -0.2) is 42.6 Å². The van der Waals surface area contributed by atoms with Gasteiger partial charge in [0.05, 0.1) is 17.3 Å². The van der Waals surface area contributed by atoms with Gasteiger partial charge in [-0.1, -0.05) is 6.07 Å². The van der Waals surface area contributed by atoms with Gasteiger partial charge in [-0.15, -0.1) is 0 Å². The van der Waals surface area contributed by atoms with Gasteiger partial charge in [0.2, 0.25) is 0 Å². The Labute approximate surface area is 179 Å². The van der Waals surface area contributed by atoms with Gasteiger partial charge in [0.25, 0.3) is 11.8 Å². The smallest absolute Gasteiger partial charge is 0.341 e. The highest BCUT2D eigenvalue weighted by molar-refractivity contribution is 9.10. The molecule has 1 heterocycles. The monoisotopic (exact) mass is 474 g/mol. The molecule has 0 saturated carbocycles. The van der Waals surface area contributed by atoms with Gasteiger partial charge in [-0.25, -0.2) is 14.5 Å². The van der Waals surface area contributed by atoms with E-state index in [1.807, 2.05) is 0 Å². The van der Waals surface area contributed by atoms with Crippen molar-refractivity contribution in [1.29, 1.82) is 0 Å². The SMILES string of the molecule is COc1ccc(N2C(=O)NC(=O)C(=Cc3ccc(OCC(=O)O)c(Br)c3)C2=O)cc1. The molecular formula is C20H15BrN2O7. The van der Waals surface area contributed by atoms with E-state index >= 15 is 0 Å². The highest BCUT2D eigenvalue weighted by atomic mass is 79.9. The van der Waals surface area contributed by atoms with Crippen molar-refractivity contribution in [2.75, 3.05) is 18.6 Å². The number of carboxylic acids is 1. The molecule has 1 aliphatic rings. The van der Waals surface area contributed by atoms with E-state index in [-0.39, 0.29) is 17.0 Å². The highest BCUT2D eigenvalue weighted by Gasteiger charge is 2.36. The predicted octanol–water partition coefficient (Wildman–Crippen LogP) is 2.59. The van der Waals surface area contributed by atoms with Crippen molar-refractivity contribution in [1.82, 2.24) is 5.32 Å². The van der Waals surface area contributed by atoms with Crippen LogP contribution in [0.2, 0.25) is 0 Å². The van der Waals surface area contributed by atoms with Crippen LogP contribution >= 0.6 is 15.9 Å². The third-order valence-electron chi connectivity index (χ3n) is 4.05. The molecule has 3 rings (SSSR count). The number of nitrogens with zero attached hydrogens (tertiary/aromatic N) is 1. The Bertz CT molecular complexity index is 1060. The lowest BCUT2D eigenvalue weighted by Gasteiger charge is -2.26. The number of ether oxygens (including phenoxy) is 2. The quantitative estimate of drug-likeness (QED) is 0.487. The first-order valence-electron chi connectivity index (χ1n) is 8.50. The summed E-state index contributed by atoms with van der Waals surface area (Å²) < 4.78 is 10.6. The zero-order valence-corrected chi connectivity index (χ0v) is 17.1. The number of imide groups is 2. The van der Waals surface area contributed by atoms with E-state index in [1.165, 1.54) is 31.4 Å². The summed E-state index contributed by atoms with van der Waals surface area (Å²) in [5.74, 6) is -1.89. The van der Waals surface area contributed by atoms with Gasteiger partial charge >= 0.3 is 12.0 Å². The number of halogens is 1. The Balaban J connectivity index is 1.90. The van der Waals surface area contributed by atoms with Crippen molar-refractivity contribution in [3.8, 4) is 11.5 Å². The summed E-state index contributed by atoms with van der Waals surface area (Å²) in [5, 5.41) is 10.8. The number of hydrogen-bond acceptors (Lipinski definition) is 6. The van der Waals surface area contributed by atoms with Crippen LogP contribution in [0.5, 0.6) is 11.5 Å². The Hall–Kier alpha value is -3.66. The van der Waals surface area contributed by atoms with Crippen LogP contribution in [0.3, 0.4) is 0 Å². The molecule has 0 bridgehead atoms. The summed E-state index contributed by atoms with van der Waals surface area (Å²) in [4.78, 5) is 48.8. The molecule has 1 aliphatic heterocycles. The third kappa shape index (κ3) is 4.49. The average Bonchev–Trinajstić information content (AvgIpc) is 2.70. The second-order valence-corrected chi connectivity index (χ2v) is 6.88. The third-order valence-corrected chi connectivity index (χ3v) is 4.67. The first-order valence-corrected chi connectivity index (χ1v) is 9.29. The zero-order valence-electron chi connectivity index (χ0n) is 15.5. The maximum absolute atomic E-state index is 12.9. The zero-order chi connectivity index (χ0) is 21.8. The molecule has 0 atom stereocenters. The number of aliphatic carboxylic acids is 1. The van der Waals surface area contributed by atoms with E-state index in [0.29, 0.717) is 15.8 Å². The van der Waals surface area contributed by atoms with E-state index in [0.717, 1.165) is 4.90 Å². The fourth-order valence-electron chi connectivity index (χ4n) is 2.65. The number of hydrogen-bond donors (Lipinski definition) is 2. The molecule has 2 N–H and O–H groups in total. The first-order chi connectivity index (χ1) is 14.3. The lowest BCUT2D eigenvalue weighted by Crippen LogP contribution is -2.54. The topological polar surface area (TPSA) is 122 Å². The van der Waals surface area contributed by atoms with E-state index in [1.54, 1.807) is 24.3 Å². The second kappa shape index (κ2) is 8.78. The van der Waals surface area contributed by atoms with E-state index in [9.17, 15) is 19.2 Å². The molecule has 10 heteroatoms. The van der Waals surface area contributed by atoms with Crippen LogP contribution in [0.25, 0.3) is 6.08 Å². The number of amides is 4. The lowest BCUT2D eigenvalue weighted by atomic mass is 10.1. The number of nitrogens with one attached hydrogen (secondary N) is 1. The number of anilines is 1. The Morgan fingerprint density at radius 1 is 1.17 bits per heavy atom.